The van der Waals surface area contributed by atoms with E-state index in [0.717, 1.165) is 32.1 Å². The molecule has 0 heterocycles. The largest absolute Gasteiger partial charge is 0.481 e. The van der Waals surface area contributed by atoms with Gasteiger partial charge in [0.1, 0.15) is 0 Å². The number of rotatable bonds is 1. The number of hydrogen-bond acceptors (Lipinski definition) is 1. The Morgan fingerprint density at radius 1 is 1.29 bits per heavy atom. The molecular weight excluding hydrogens is 212 g/mol. The SMILES string of the molecule is CC1=C(C)C2(C)CCCC(C)(C(=O)O)C2CC1. The Labute approximate surface area is 104 Å². The molecule has 3 unspecified atom stereocenters. The zero-order valence-electron chi connectivity index (χ0n) is 11.5. The minimum atomic E-state index is -0.597. The lowest BCUT2D eigenvalue weighted by Gasteiger charge is -2.53. The number of allylic oxidation sites excluding steroid dienone is 2. The van der Waals surface area contributed by atoms with Crippen molar-refractivity contribution < 1.29 is 9.90 Å². The average Bonchev–Trinajstić information content (AvgIpc) is 2.25. The first-order chi connectivity index (χ1) is 7.82. The fourth-order valence-electron chi connectivity index (χ4n) is 4.25. The number of aliphatic carboxylic acids is 1. The molecule has 2 aliphatic rings. The van der Waals surface area contributed by atoms with Crippen molar-refractivity contribution in [2.24, 2.45) is 16.7 Å². The van der Waals surface area contributed by atoms with E-state index in [0.29, 0.717) is 5.92 Å². The molecular formula is C15H24O2. The lowest BCUT2D eigenvalue weighted by molar-refractivity contribution is -0.159. The predicted molar refractivity (Wildman–Crippen MR) is 68.8 cm³/mol. The molecule has 2 heteroatoms. The van der Waals surface area contributed by atoms with Gasteiger partial charge in [0, 0.05) is 0 Å². The second-order valence-electron chi connectivity index (χ2n) is 6.49. The molecule has 0 saturated heterocycles. The first-order valence-corrected chi connectivity index (χ1v) is 6.72. The van der Waals surface area contributed by atoms with Crippen LogP contribution >= 0.6 is 0 Å². The highest BCUT2D eigenvalue weighted by atomic mass is 16.4. The van der Waals surface area contributed by atoms with Crippen molar-refractivity contribution in [3.63, 3.8) is 0 Å². The molecule has 0 spiro atoms. The molecule has 96 valence electrons. The van der Waals surface area contributed by atoms with E-state index in [9.17, 15) is 9.90 Å². The maximum atomic E-state index is 11.6. The van der Waals surface area contributed by atoms with Gasteiger partial charge in [0.05, 0.1) is 5.41 Å². The minimum Gasteiger partial charge on any atom is -0.481 e. The fourth-order valence-corrected chi connectivity index (χ4v) is 4.25. The standard InChI is InChI=1S/C15H24O2/c1-10-6-7-12-14(3,11(10)2)8-5-9-15(12,4)13(16)17/h12H,5-9H2,1-4H3,(H,16,17). The van der Waals surface area contributed by atoms with E-state index >= 15 is 0 Å². The summed E-state index contributed by atoms with van der Waals surface area (Å²) in [5, 5.41) is 9.59. The van der Waals surface area contributed by atoms with Gasteiger partial charge < -0.3 is 5.11 Å². The van der Waals surface area contributed by atoms with Crippen molar-refractivity contribution in [2.45, 2.75) is 59.8 Å². The summed E-state index contributed by atoms with van der Waals surface area (Å²) < 4.78 is 0. The molecule has 2 rings (SSSR count). The average molecular weight is 236 g/mol. The maximum Gasteiger partial charge on any atom is 0.309 e. The summed E-state index contributed by atoms with van der Waals surface area (Å²) in [5.74, 6) is -0.286. The lowest BCUT2D eigenvalue weighted by Crippen LogP contribution is -2.50. The molecule has 1 N–H and O–H groups in total. The van der Waals surface area contributed by atoms with Gasteiger partial charge in [0.25, 0.3) is 0 Å². The third-order valence-electron chi connectivity index (χ3n) is 5.72. The zero-order valence-corrected chi connectivity index (χ0v) is 11.5. The Bertz CT molecular complexity index is 382. The highest BCUT2D eigenvalue weighted by Crippen LogP contribution is 2.59. The van der Waals surface area contributed by atoms with Crippen molar-refractivity contribution >= 4 is 5.97 Å². The first kappa shape index (κ1) is 12.7. The second-order valence-corrected chi connectivity index (χ2v) is 6.49. The number of hydrogen-bond donors (Lipinski definition) is 1. The van der Waals surface area contributed by atoms with E-state index in [2.05, 4.69) is 20.8 Å². The van der Waals surface area contributed by atoms with Gasteiger partial charge in [-0.2, -0.15) is 0 Å². The summed E-state index contributed by atoms with van der Waals surface area (Å²) in [6.07, 6.45) is 5.16. The van der Waals surface area contributed by atoms with E-state index in [1.54, 1.807) is 0 Å². The molecule has 1 fully saturated rings. The quantitative estimate of drug-likeness (QED) is 0.698. The van der Waals surface area contributed by atoms with E-state index in [1.165, 1.54) is 11.1 Å². The summed E-state index contributed by atoms with van der Waals surface area (Å²) in [5.41, 5.74) is 2.54. The molecule has 0 radical (unpaired) electrons. The zero-order chi connectivity index (χ0) is 12.8. The van der Waals surface area contributed by atoms with Crippen LogP contribution in [0, 0.1) is 16.7 Å². The minimum absolute atomic E-state index is 0.119. The van der Waals surface area contributed by atoms with Crippen LogP contribution in [0.5, 0.6) is 0 Å². The topological polar surface area (TPSA) is 37.3 Å². The van der Waals surface area contributed by atoms with Gasteiger partial charge >= 0.3 is 5.97 Å². The van der Waals surface area contributed by atoms with Crippen molar-refractivity contribution in [1.82, 2.24) is 0 Å². The molecule has 0 bridgehead atoms. The molecule has 0 aliphatic heterocycles. The van der Waals surface area contributed by atoms with E-state index in [-0.39, 0.29) is 5.41 Å². The predicted octanol–water partition coefficient (Wildman–Crippen LogP) is 4.01. The van der Waals surface area contributed by atoms with Crippen LogP contribution in [0.15, 0.2) is 11.1 Å². The van der Waals surface area contributed by atoms with Gasteiger partial charge in [0.2, 0.25) is 0 Å². The van der Waals surface area contributed by atoms with Crippen LogP contribution in [0.3, 0.4) is 0 Å². The Morgan fingerprint density at radius 2 is 1.94 bits per heavy atom. The van der Waals surface area contributed by atoms with Crippen LogP contribution in [0.4, 0.5) is 0 Å². The second kappa shape index (κ2) is 3.86. The highest BCUT2D eigenvalue weighted by molar-refractivity contribution is 5.75. The first-order valence-electron chi connectivity index (χ1n) is 6.72. The van der Waals surface area contributed by atoms with Crippen LogP contribution in [0.25, 0.3) is 0 Å². The third kappa shape index (κ3) is 1.64. The molecule has 3 atom stereocenters. The number of fused-ring (bicyclic) bond motifs is 1. The van der Waals surface area contributed by atoms with Crippen molar-refractivity contribution in [1.29, 1.82) is 0 Å². The van der Waals surface area contributed by atoms with E-state index in [1.807, 2.05) is 6.92 Å². The van der Waals surface area contributed by atoms with Gasteiger partial charge in [0.15, 0.2) is 0 Å². The maximum absolute atomic E-state index is 11.6. The van der Waals surface area contributed by atoms with Crippen molar-refractivity contribution in [3.05, 3.63) is 11.1 Å². The number of carboxylic acid groups (broad SMARTS) is 1. The molecule has 2 nitrogen and oxygen atoms in total. The summed E-state index contributed by atoms with van der Waals surface area (Å²) in [6, 6.07) is 0. The Kier molecular flexibility index (Phi) is 2.87. The summed E-state index contributed by atoms with van der Waals surface area (Å²) >= 11 is 0. The molecule has 0 aromatic carbocycles. The van der Waals surface area contributed by atoms with Crippen LogP contribution in [0.2, 0.25) is 0 Å². The number of carbonyl (C=O) groups is 1. The highest BCUT2D eigenvalue weighted by Gasteiger charge is 2.54. The van der Waals surface area contributed by atoms with E-state index in [4.69, 9.17) is 0 Å². The third-order valence-corrected chi connectivity index (χ3v) is 5.72. The van der Waals surface area contributed by atoms with Crippen LogP contribution in [-0.4, -0.2) is 11.1 Å². The lowest BCUT2D eigenvalue weighted by atomic mass is 9.50. The van der Waals surface area contributed by atoms with Gasteiger partial charge in [-0.1, -0.05) is 24.5 Å². The Balaban J connectivity index is 2.47. The molecule has 17 heavy (non-hydrogen) atoms. The normalized spacial score (nSPS) is 42.2. The Morgan fingerprint density at radius 3 is 2.53 bits per heavy atom. The van der Waals surface area contributed by atoms with Crippen LogP contribution < -0.4 is 0 Å². The molecule has 1 saturated carbocycles. The summed E-state index contributed by atoms with van der Waals surface area (Å²) in [6.45, 7) is 8.68. The van der Waals surface area contributed by atoms with Crippen molar-refractivity contribution in [2.75, 3.05) is 0 Å². The summed E-state index contributed by atoms with van der Waals surface area (Å²) in [7, 11) is 0. The molecule has 0 aromatic heterocycles. The molecule has 0 aromatic rings. The molecule has 0 amide bonds. The van der Waals surface area contributed by atoms with Gasteiger partial charge in [-0.05, 0) is 57.8 Å². The van der Waals surface area contributed by atoms with Crippen molar-refractivity contribution in [3.8, 4) is 0 Å². The summed E-state index contributed by atoms with van der Waals surface area (Å²) in [4.78, 5) is 11.6. The van der Waals surface area contributed by atoms with Crippen LogP contribution in [0.1, 0.15) is 59.8 Å². The Hall–Kier alpha value is -0.790. The fraction of sp³-hybridized carbons (Fsp3) is 0.800. The number of carboxylic acids is 1. The van der Waals surface area contributed by atoms with Gasteiger partial charge in [-0.15, -0.1) is 0 Å². The smallest absolute Gasteiger partial charge is 0.309 e. The van der Waals surface area contributed by atoms with Gasteiger partial charge in [-0.25, -0.2) is 0 Å². The van der Waals surface area contributed by atoms with E-state index < -0.39 is 11.4 Å². The van der Waals surface area contributed by atoms with Crippen LogP contribution in [-0.2, 0) is 4.79 Å². The molecule has 2 aliphatic carbocycles. The van der Waals surface area contributed by atoms with Gasteiger partial charge in [-0.3, -0.25) is 4.79 Å². The monoisotopic (exact) mass is 236 g/mol.